The van der Waals surface area contributed by atoms with Crippen LogP contribution in [0.3, 0.4) is 0 Å². The Balaban J connectivity index is 2.46. The molecule has 0 amide bonds. The molecule has 2 heteroatoms. The summed E-state index contributed by atoms with van der Waals surface area (Å²) >= 11 is 0. The van der Waals surface area contributed by atoms with Crippen LogP contribution in [-0.2, 0) is 14.9 Å². The van der Waals surface area contributed by atoms with Gasteiger partial charge >= 0.3 is 0 Å². The van der Waals surface area contributed by atoms with E-state index in [-0.39, 0.29) is 11.3 Å². The molecule has 0 radical (unpaired) electrons. The van der Waals surface area contributed by atoms with Gasteiger partial charge in [0.05, 0.1) is 6.61 Å². The molecular formula is C19H28O2. The van der Waals surface area contributed by atoms with E-state index in [1.165, 1.54) is 16.7 Å². The average molecular weight is 288 g/mol. The first kappa shape index (κ1) is 16.2. The normalized spacial score (nSPS) is 28.2. The quantitative estimate of drug-likeness (QED) is 0.730. The lowest BCUT2D eigenvalue weighted by molar-refractivity contribution is -0.109. The number of hydrogen-bond acceptors (Lipinski definition) is 2. The topological polar surface area (TPSA) is 26.3 Å². The van der Waals surface area contributed by atoms with Crippen LogP contribution >= 0.6 is 0 Å². The van der Waals surface area contributed by atoms with E-state index in [1.807, 2.05) is 0 Å². The van der Waals surface area contributed by atoms with Crippen LogP contribution in [0.1, 0.15) is 63.1 Å². The second-order valence-corrected chi connectivity index (χ2v) is 7.20. The van der Waals surface area contributed by atoms with E-state index < -0.39 is 0 Å². The average Bonchev–Trinajstić information content (AvgIpc) is 3.03. The first-order valence-electron chi connectivity index (χ1n) is 7.95. The van der Waals surface area contributed by atoms with Gasteiger partial charge in [0, 0.05) is 24.4 Å². The Kier molecular flexibility index (Phi) is 4.57. The van der Waals surface area contributed by atoms with Gasteiger partial charge in [-0.25, -0.2) is 0 Å². The van der Waals surface area contributed by atoms with Crippen molar-refractivity contribution in [1.29, 1.82) is 0 Å². The zero-order valence-electron chi connectivity index (χ0n) is 14.1. The molecule has 0 saturated heterocycles. The molecule has 0 spiro atoms. The maximum Gasteiger partial charge on any atom is 0.124 e. The molecule has 0 aromatic heterocycles. The highest BCUT2D eigenvalue weighted by molar-refractivity contribution is 5.66. The number of benzene rings is 1. The monoisotopic (exact) mass is 288 g/mol. The number of methoxy groups -OCH3 is 1. The molecule has 3 atom stereocenters. The molecular weight excluding hydrogens is 260 g/mol. The van der Waals surface area contributed by atoms with Crippen molar-refractivity contribution in [2.24, 2.45) is 11.8 Å². The van der Waals surface area contributed by atoms with Crippen molar-refractivity contribution in [3.63, 3.8) is 0 Å². The molecule has 0 bridgehead atoms. The zero-order chi connectivity index (χ0) is 15.8. The van der Waals surface area contributed by atoms with E-state index in [1.54, 1.807) is 7.11 Å². The Hall–Kier alpha value is -1.15. The Morgan fingerprint density at radius 3 is 2.05 bits per heavy atom. The number of carbonyl (C=O) groups is 1. The molecule has 0 heterocycles. The predicted octanol–water partition coefficient (Wildman–Crippen LogP) is 4.28. The Morgan fingerprint density at radius 1 is 1.14 bits per heavy atom. The third-order valence-corrected chi connectivity index (χ3v) is 5.21. The van der Waals surface area contributed by atoms with Crippen molar-refractivity contribution in [1.82, 2.24) is 0 Å². The van der Waals surface area contributed by atoms with E-state index in [4.69, 9.17) is 4.74 Å². The fourth-order valence-electron chi connectivity index (χ4n) is 3.39. The standard InChI is InChI=1S/C19H28O2/c1-12(2)14-7-15(13(3)4)9-16(8-14)19(5)17(10-20)18(19)11-21-6/h7-10,12-13,17-18H,11H2,1-6H3/t17-,18-,19-/m0/s1. The summed E-state index contributed by atoms with van der Waals surface area (Å²) in [5, 5.41) is 0. The third-order valence-electron chi connectivity index (χ3n) is 5.21. The molecule has 0 N–H and O–H groups in total. The van der Waals surface area contributed by atoms with Gasteiger partial charge in [-0.3, -0.25) is 0 Å². The van der Waals surface area contributed by atoms with Gasteiger partial charge in [-0.2, -0.15) is 0 Å². The largest absolute Gasteiger partial charge is 0.384 e. The highest BCUT2D eigenvalue weighted by atomic mass is 16.5. The number of hydrogen-bond donors (Lipinski definition) is 0. The van der Waals surface area contributed by atoms with E-state index >= 15 is 0 Å². The Morgan fingerprint density at radius 2 is 1.67 bits per heavy atom. The maximum atomic E-state index is 11.4. The van der Waals surface area contributed by atoms with E-state index in [0.717, 1.165) is 6.29 Å². The van der Waals surface area contributed by atoms with Crippen LogP contribution < -0.4 is 0 Å². The van der Waals surface area contributed by atoms with Gasteiger partial charge in [0.2, 0.25) is 0 Å². The maximum absolute atomic E-state index is 11.4. The molecule has 21 heavy (non-hydrogen) atoms. The van der Waals surface area contributed by atoms with Crippen LogP contribution in [0.4, 0.5) is 0 Å². The summed E-state index contributed by atoms with van der Waals surface area (Å²) in [4.78, 5) is 11.4. The fourth-order valence-corrected chi connectivity index (χ4v) is 3.39. The van der Waals surface area contributed by atoms with Crippen molar-refractivity contribution < 1.29 is 9.53 Å². The Bertz CT molecular complexity index is 492. The number of aldehydes is 1. The summed E-state index contributed by atoms with van der Waals surface area (Å²) in [6.45, 7) is 11.8. The van der Waals surface area contributed by atoms with Gasteiger partial charge in [-0.05, 0) is 28.5 Å². The highest BCUT2D eigenvalue weighted by Gasteiger charge is 2.62. The van der Waals surface area contributed by atoms with Crippen LogP contribution in [0.5, 0.6) is 0 Å². The number of rotatable bonds is 6. The number of carbonyl (C=O) groups excluding carboxylic acids is 1. The van der Waals surface area contributed by atoms with Crippen LogP contribution in [0.15, 0.2) is 18.2 Å². The van der Waals surface area contributed by atoms with Gasteiger partial charge < -0.3 is 9.53 Å². The zero-order valence-corrected chi connectivity index (χ0v) is 14.1. The van der Waals surface area contributed by atoms with Crippen LogP contribution in [0.2, 0.25) is 0 Å². The van der Waals surface area contributed by atoms with Gasteiger partial charge in [0.1, 0.15) is 6.29 Å². The number of ether oxygens (including phenoxy) is 1. The fraction of sp³-hybridized carbons (Fsp3) is 0.632. The SMILES string of the molecule is COC[C@H]1[C@H](C=O)[C@]1(C)c1cc(C(C)C)cc(C(C)C)c1. The molecule has 1 aromatic carbocycles. The van der Waals surface area contributed by atoms with Crippen molar-refractivity contribution in [2.45, 2.75) is 51.9 Å². The smallest absolute Gasteiger partial charge is 0.124 e. The molecule has 1 aromatic rings. The van der Waals surface area contributed by atoms with Crippen molar-refractivity contribution in [3.05, 3.63) is 34.9 Å². The van der Waals surface area contributed by atoms with Crippen LogP contribution in [0, 0.1) is 11.8 Å². The minimum absolute atomic E-state index is 0.0632. The molecule has 2 nitrogen and oxygen atoms in total. The second-order valence-electron chi connectivity index (χ2n) is 7.20. The lowest BCUT2D eigenvalue weighted by Crippen LogP contribution is -2.11. The predicted molar refractivity (Wildman–Crippen MR) is 86.9 cm³/mol. The summed E-state index contributed by atoms with van der Waals surface area (Å²) < 4.78 is 5.31. The lowest BCUT2D eigenvalue weighted by atomic mass is 9.86. The molecule has 1 fully saturated rings. The highest BCUT2D eigenvalue weighted by Crippen LogP contribution is 2.59. The lowest BCUT2D eigenvalue weighted by Gasteiger charge is -2.19. The van der Waals surface area contributed by atoms with E-state index in [9.17, 15) is 4.79 Å². The third kappa shape index (κ3) is 2.78. The van der Waals surface area contributed by atoms with Gasteiger partial charge in [-0.15, -0.1) is 0 Å². The summed E-state index contributed by atoms with van der Waals surface area (Å²) in [6, 6.07) is 6.90. The second kappa shape index (κ2) is 5.92. The first-order valence-corrected chi connectivity index (χ1v) is 7.95. The molecule has 0 aliphatic heterocycles. The van der Waals surface area contributed by atoms with Gasteiger partial charge in [0.15, 0.2) is 0 Å². The minimum atomic E-state index is -0.0632. The molecule has 0 unspecified atom stereocenters. The van der Waals surface area contributed by atoms with Gasteiger partial charge in [-0.1, -0.05) is 52.8 Å². The minimum Gasteiger partial charge on any atom is -0.384 e. The van der Waals surface area contributed by atoms with Crippen molar-refractivity contribution in [2.75, 3.05) is 13.7 Å². The van der Waals surface area contributed by atoms with Crippen LogP contribution in [-0.4, -0.2) is 20.0 Å². The molecule has 116 valence electrons. The molecule has 1 aliphatic carbocycles. The molecule has 2 rings (SSSR count). The first-order chi connectivity index (χ1) is 9.86. The van der Waals surface area contributed by atoms with Crippen molar-refractivity contribution >= 4 is 6.29 Å². The van der Waals surface area contributed by atoms with E-state index in [2.05, 4.69) is 52.8 Å². The molecule has 1 saturated carbocycles. The van der Waals surface area contributed by atoms with Crippen molar-refractivity contribution in [3.8, 4) is 0 Å². The summed E-state index contributed by atoms with van der Waals surface area (Å²) in [5.41, 5.74) is 3.97. The summed E-state index contributed by atoms with van der Waals surface area (Å²) in [7, 11) is 1.71. The van der Waals surface area contributed by atoms with Crippen LogP contribution in [0.25, 0.3) is 0 Å². The van der Waals surface area contributed by atoms with E-state index in [0.29, 0.717) is 24.4 Å². The van der Waals surface area contributed by atoms with Gasteiger partial charge in [0.25, 0.3) is 0 Å². The molecule has 1 aliphatic rings. The summed E-state index contributed by atoms with van der Waals surface area (Å²) in [5.74, 6) is 1.39. The Labute approximate surface area is 128 Å². The summed E-state index contributed by atoms with van der Waals surface area (Å²) in [6.07, 6.45) is 1.11.